The second kappa shape index (κ2) is 9.40. The highest BCUT2D eigenvalue weighted by Crippen LogP contribution is 2.37. The maximum absolute atomic E-state index is 14.4. The van der Waals surface area contributed by atoms with E-state index in [-0.39, 0.29) is 23.5 Å². The molecule has 0 heterocycles. The summed E-state index contributed by atoms with van der Waals surface area (Å²) in [6.45, 7) is 4.94. The highest BCUT2D eigenvalue weighted by Gasteiger charge is 2.46. The lowest BCUT2D eigenvalue weighted by molar-refractivity contribution is 0.0379. The van der Waals surface area contributed by atoms with Gasteiger partial charge in [0.25, 0.3) is 6.43 Å². The molecule has 1 aromatic carbocycles. The van der Waals surface area contributed by atoms with E-state index in [9.17, 15) is 17.4 Å². The van der Waals surface area contributed by atoms with Crippen molar-refractivity contribution in [1.29, 1.82) is 5.26 Å². The van der Waals surface area contributed by atoms with Crippen molar-refractivity contribution in [3.05, 3.63) is 34.1 Å². The van der Waals surface area contributed by atoms with Crippen molar-refractivity contribution in [2.75, 3.05) is 11.5 Å². The van der Waals surface area contributed by atoms with Gasteiger partial charge in [-0.15, -0.1) is 11.8 Å². The first-order chi connectivity index (χ1) is 11.5. The molecule has 1 rings (SSSR count). The number of alkyl halides is 2. The molecule has 140 valence electrons. The van der Waals surface area contributed by atoms with Gasteiger partial charge in [-0.25, -0.2) is 22.1 Å². The highest BCUT2D eigenvalue weighted by atomic mass is 79.9. The number of halogens is 4. The number of rotatable bonds is 8. The van der Waals surface area contributed by atoms with Gasteiger partial charge in [-0.1, -0.05) is 15.9 Å². The summed E-state index contributed by atoms with van der Waals surface area (Å²) in [5.41, 5.74) is -2.36. The summed E-state index contributed by atoms with van der Waals surface area (Å²) in [7, 11) is -1.84. The minimum atomic E-state index is -3.00. The molecular weight excluding hydrogens is 437 g/mol. The molecule has 3 nitrogen and oxygen atoms in total. The van der Waals surface area contributed by atoms with Crippen LogP contribution >= 0.6 is 27.7 Å². The van der Waals surface area contributed by atoms with E-state index < -0.39 is 33.5 Å². The van der Waals surface area contributed by atoms with Gasteiger partial charge in [0, 0.05) is 10.0 Å². The molecule has 0 spiro atoms. The third-order valence-electron chi connectivity index (χ3n) is 3.42. The van der Waals surface area contributed by atoms with Crippen LogP contribution in [0.3, 0.4) is 0 Å². The molecule has 0 saturated heterocycles. The van der Waals surface area contributed by atoms with Crippen molar-refractivity contribution < 1.29 is 17.4 Å². The van der Waals surface area contributed by atoms with Gasteiger partial charge in [-0.05, 0) is 51.1 Å². The van der Waals surface area contributed by atoms with Crippen LogP contribution in [0.2, 0.25) is 0 Å². The maximum Gasteiger partial charge on any atom is 0.261 e. The van der Waals surface area contributed by atoms with Crippen molar-refractivity contribution in [3.63, 3.8) is 0 Å². The first kappa shape index (κ1) is 22.5. The van der Waals surface area contributed by atoms with Crippen LogP contribution in [0.4, 0.5) is 13.2 Å². The van der Waals surface area contributed by atoms with E-state index in [0.717, 1.165) is 6.07 Å². The molecule has 1 aromatic rings. The van der Waals surface area contributed by atoms with Crippen molar-refractivity contribution >= 4 is 38.7 Å². The predicted octanol–water partition coefficient (Wildman–Crippen LogP) is 4.75. The van der Waals surface area contributed by atoms with Crippen molar-refractivity contribution in [2.24, 2.45) is 0 Å². The van der Waals surface area contributed by atoms with Crippen LogP contribution in [-0.4, -0.2) is 26.9 Å². The summed E-state index contributed by atoms with van der Waals surface area (Å²) in [6, 6.07) is 5.72. The second-order valence-corrected chi connectivity index (χ2v) is 10.3. The molecule has 0 aliphatic heterocycles. The van der Waals surface area contributed by atoms with Gasteiger partial charge in [0.2, 0.25) is 0 Å². The van der Waals surface area contributed by atoms with E-state index in [1.165, 1.54) is 23.9 Å². The third kappa shape index (κ3) is 5.98. The highest BCUT2D eigenvalue weighted by molar-refractivity contribution is 9.10. The average Bonchev–Trinajstić information content (AvgIpc) is 2.51. The average molecular weight is 457 g/mol. The SMILES string of the molecule is CC(C)(C)[S@@](=O)N[C@@](CCSCC#N)(c1cc(Br)ccc1F)C(F)F. The number of nitrogens with one attached hydrogen (secondary N) is 1. The lowest BCUT2D eigenvalue weighted by Gasteiger charge is -2.36. The van der Waals surface area contributed by atoms with Gasteiger partial charge in [-0.3, -0.25) is 0 Å². The number of hydrogen-bond donors (Lipinski definition) is 1. The molecule has 0 amide bonds. The van der Waals surface area contributed by atoms with Gasteiger partial charge < -0.3 is 0 Å². The van der Waals surface area contributed by atoms with Crippen LogP contribution in [0.5, 0.6) is 0 Å². The van der Waals surface area contributed by atoms with E-state index in [1.54, 1.807) is 20.8 Å². The number of benzene rings is 1. The zero-order valence-electron chi connectivity index (χ0n) is 14.1. The van der Waals surface area contributed by atoms with Crippen LogP contribution < -0.4 is 4.72 Å². The molecule has 0 aromatic heterocycles. The smallest absolute Gasteiger partial charge is 0.242 e. The Morgan fingerprint density at radius 2 is 2.04 bits per heavy atom. The quantitative estimate of drug-likeness (QED) is 0.574. The Hall–Kier alpha value is -0.560. The molecule has 0 aliphatic rings. The molecule has 0 fully saturated rings. The molecular formula is C16H20BrF3N2OS2. The maximum atomic E-state index is 14.4. The van der Waals surface area contributed by atoms with Gasteiger partial charge in [0.15, 0.2) is 0 Å². The fourth-order valence-corrected chi connectivity index (χ4v) is 4.02. The summed E-state index contributed by atoms with van der Waals surface area (Å²) >= 11 is 4.34. The first-order valence-electron chi connectivity index (χ1n) is 7.42. The second-order valence-electron chi connectivity index (χ2n) is 6.34. The Morgan fingerprint density at radius 1 is 1.40 bits per heavy atom. The molecule has 0 radical (unpaired) electrons. The largest absolute Gasteiger partial charge is 0.261 e. The van der Waals surface area contributed by atoms with Crippen LogP contribution in [0.1, 0.15) is 32.8 Å². The van der Waals surface area contributed by atoms with Crippen LogP contribution in [-0.2, 0) is 16.5 Å². The fourth-order valence-electron chi connectivity index (χ4n) is 2.02. The van der Waals surface area contributed by atoms with E-state index in [2.05, 4.69) is 20.7 Å². The Bertz CT molecular complexity index is 662. The Labute approximate surface area is 161 Å². The molecule has 2 atom stereocenters. The van der Waals surface area contributed by atoms with Crippen LogP contribution in [0.15, 0.2) is 22.7 Å². The summed E-state index contributed by atoms with van der Waals surface area (Å²) in [6.07, 6.45) is -3.17. The van der Waals surface area contributed by atoms with Gasteiger partial charge >= 0.3 is 0 Å². The zero-order chi connectivity index (χ0) is 19.3. The topological polar surface area (TPSA) is 52.9 Å². The fraction of sp³-hybridized carbons (Fsp3) is 0.562. The minimum absolute atomic E-state index is 0.142. The van der Waals surface area contributed by atoms with E-state index in [0.29, 0.717) is 4.47 Å². The van der Waals surface area contributed by atoms with Gasteiger partial charge in [0.1, 0.15) is 11.4 Å². The summed E-state index contributed by atoms with van der Waals surface area (Å²) in [5, 5.41) is 8.61. The monoisotopic (exact) mass is 456 g/mol. The predicted molar refractivity (Wildman–Crippen MR) is 100 cm³/mol. The Morgan fingerprint density at radius 3 is 2.56 bits per heavy atom. The lowest BCUT2D eigenvalue weighted by atomic mass is 9.88. The first-order valence-corrected chi connectivity index (χ1v) is 10.5. The van der Waals surface area contributed by atoms with E-state index >= 15 is 0 Å². The molecule has 0 saturated carbocycles. The van der Waals surface area contributed by atoms with E-state index in [1.807, 2.05) is 6.07 Å². The van der Waals surface area contributed by atoms with Crippen molar-refractivity contribution in [1.82, 2.24) is 4.72 Å². The summed E-state index contributed by atoms with van der Waals surface area (Å²) in [5.74, 6) is -0.465. The molecule has 0 aliphatic carbocycles. The third-order valence-corrected chi connectivity index (χ3v) is 6.40. The van der Waals surface area contributed by atoms with Crippen molar-refractivity contribution in [3.8, 4) is 6.07 Å². The van der Waals surface area contributed by atoms with Crippen LogP contribution in [0.25, 0.3) is 0 Å². The lowest BCUT2D eigenvalue weighted by Crippen LogP contribution is -2.53. The molecule has 25 heavy (non-hydrogen) atoms. The number of nitriles is 1. The normalized spacial score (nSPS) is 15.6. The van der Waals surface area contributed by atoms with E-state index in [4.69, 9.17) is 5.26 Å². The summed E-state index contributed by atoms with van der Waals surface area (Å²) < 4.78 is 57.4. The van der Waals surface area contributed by atoms with Crippen LogP contribution in [0, 0.1) is 17.1 Å². The van der Waals surface area contributed by atoms with Crippen molar-refractivity contribution in [2.45, 2.75) is 43.9 Å². The number of hydrogen-bond acceptors (Lipinski definition) is 3. The van der Waals surface area contributed by atoms with Gasteiger partial charge in [0.05, 0.1) is 27.6 Å². The molecule has 9 heteroatoms. The zero-order valence-corrected chi connectivity index (χ0v) is 17.3. The molecule has 0 unspecified atom stereocenters. The Balaban J connectivity index is 3.37. The molecule has 1 N–H and O–H groups in total. The standard InChI is InChI=1S/C16H20BrF3N2OS2/c1-15(2,3)25(23)22-16(14(19)20,6-8-24-9-7-21)12-10-11(17)4-5-13(12)18/h4-5,10,14,22H,6,8-9H2,1-3H3/t16-,25+/m0/s1. The number of thioether (sulfide) groups is 1. The minimum Gasteiger partial charge on any atom is -0.242 e. The van der Waals surface area contributed by atoms with Gasteiger partial charge in [-0.2, -0.15) is 5.26 Å². The summed E-state index contributed by atoms with van der Waals surface area (Å²) in [4.78, 5) is 0. The number of nitrogens with zero attached hydrogens (tertiary/aromatic N) is 1. The molecule has 0 bridgehead atoms. The Kier molecular flexibility index (Phi) is 8.45.